The molecule has 20 heavy (non-hydrogen) atoms. The Kier molecular flexibility index (Phi) is 5.18. The molecule has 0 bridgehead atoms. The number of ketones is 1. The first-order valence-electron chi connectivity index (χ1n) is 6.71. The van der Waals surface area contributed by atoms with Crippen molar-refractivity contribution in [3.8, 4) is 0 Å². The van der Waals surface area contributed by atoms with Crippen LogP contribution in [0.4, 0.5) is 0 Å². The molecule has 1 fully saturated rings. The van der Waals surface area contributed by atoms with Crippen molar-refractivity contribution >= 4 is 30.2 Å². The quantitative estimate of drug-likeness (QED) is 0.526. The zero-order valence-corrected chi connectivity index (χ0v) is 13.9. The number of hydrogen-bond acceptors (Lipinski definition) is 5. The molecule has 0 saturated carbocycles. The van der Waals surface area contributed by atoms with E-state index in [1.165, 1.54) is 0 Å². The van der Waals surface area contributed by atoms with Gasteiger partial charge in [-0.1, -0.05) is 0 Å². The molecular weight excluding hydrogens is 290 g/mol. The van der Waals surface area contributed by atoms with Gasteiger partial charge in [0.2, 0.25) is 0 Å². The maximum absolute atomic E-state index is 12.8. The van der Waals surface area contributed by atoms with Gasteiger partial charge in [0.25, 0.3) is 0 Å². The van der Waals surface area contributed by atoms with E-state index in [0.717, 1.165) is 22.9 Å². The fourth-order valence-electron chi connectivity index (χ4n) is 2.43. The molecule has 1 saturated heterocycles. The number of thiol groups is 1. The zero-order chi connectivity index (χ0) is 14.8. The molecule has 0 N–H and O–H groups in total. The smallest absolute Gasteiger partial charge is 0.183 e. The second-order valence-corrected chi connectivity index (χ2v) is 6.73. The maximum atomic E-state index is 12.8. The van der Waals surface area contributed by atoms with Crippen LogP contribution in [-0.2, 0) is 4.74 Å². The molecule has 0 aromatic heterocycles. The highest BCUT2D eigenvalue weighted by Crippen LogP contribution is 2.28. The third-order valence-corrected chi connectivity index (χ3v) is 4.90. The van der Waals surface area contributed by atoms with Crippen LogP contribution in [0.25, 0.3) is 0 Å². The largest absolute Gasteiger partial charge is 0.379 e. The normalized spacial score (nSPS) is 17.2. The van der Waals surface area contributed by atoms with E-state index in [1.807, 2.05) is 38.3 Å². The summed E-state index contributed by atoms with van der Waals surface area (Å²) in [7, 11) is 0. The fourth-order valence-corrected chi connectivity index (χ4v) is 3.27. The van der Waals surface area contributed by atoms with Gasteiger partial charge in [0.1, 0.15) is 0 Å². The average molecular weight is 311 g/mol. The van der Waals surface area contributed by atoms with Gasteiger partial charge in [0, 0.05) is 28.4 Å². The molecule has 3 nitrogen and oxygen atoms in total. The van der Waals surface area contributed by atoms with Gasteiger partial charge in [-0.15, -0.1) is 24.4 Å². The Morgan fingerprint density at radius 2 is 2.00 bits per heavy atom. The van der Waals surface area contributed by atoms with Gasteiger partial charge >= 0.3 is 0 Å². The fraction of sp³-hybridized carbons (Fsp3) is 0.533. The van der Waals surface area contributed by atoms with Gasteiger partial charge in [-0.2, -0.15) is 0 Å². The van der Waals surface area contributed by atoms with E-state index >= 15 is 0 Å². The molecule has 0 aliphatic carbocycles. The van der Waals surface area contributed by atoms with E-state index in [0.29, 0.717) is 18.8 Å². The summed E-state index contributed by atoms with van der Waals surface area (Å²) < 4.78 is 5.36. The SMILES string of the molecule is CSc1ccc(C(=O)C(C)(C)N2CCOCC2)c(S)c1. The number of morpholine rings is 1. The van der Waals surface area contributed by atoms with Crippen LogP contribution in [0, 0.1) is 0 Å². The number of ether oxygens (including phenoxy) is 1. The van der Waals surface area contributed by atoms with Gasteiger partial charge in [-0.05, 0) is 38.3 Å². The summed E-state index contributed by atoms with van der Waals surface area (Å²) in [5, 5.41) is 0. The number of carbonyl (C=O) groups excluding carboxylic acids is 1. The highest BCUT2D eigenvalue weighted by molar-refractivity contribution is 7.98. The van der Waals surface area contributed by atoms with Crippen LogP contribution >= 0.6 is 24.4 Å². The first-order chi connectivity index (χ1) is 9.46. The van der Waals surface area contributed by atoms with Crippen LogP contribution in [-0.4, -0.2) is 48.8 Å². The monoisotopic (exact) mass is 311 g/mol. The number of rotatable bonds is 4. The molecule has 0 amide bonds. The van der Waals surface area contributed by atoms with Crippen molar-refractivity contribution in [2.75, 3.05) is 32.6 Å². The zero-order valence-electron chi connectivity index (χ0n) is 12.2. The maximum Gasteiger partial charge on any atom is 0.183 e. The molecule has 110 valence electrons. The van der Waals surface area contributed by atoms with E-state index in [9.17, 15) is 4.79 Å². The first kappa shape index (κ1) is 15.9. The average Bonchev–Trinajstić information content (AvgIpc) is 2.47. The molecule has 0 radical (unpaired) electrons. The van der Waals surface area contributed by atoms with E-state index in [-0.39, 0.29) is 5.78 Å². The van der Waals surface area contributed by atoms with Crippen molar-refractivity contribution in [3.63, 3.8) is 0 Å². The van der Waals surface area contributed by atoms with Crippen LogP contribution in [0.3, 0.4) is 0 Å². The predicted molar refractivity (Wildman–Crippen MR) is 86.3 cm³/mol. The number of hydrogen-bond donors (Lipinski definition) is 1. The summed E-state index contributed by atoms with van der Waals surface area (Å²) in [5.41, 5.74) is 0.171. The summed E-state index contributed by atoms with van der Waals surface area (Å²) in [6, 6.07) is 5.82. The number of nitrogens with zero attached hydrogens (tertiary/aromatic N) is 1. The van der Waals surface area contributed by atoms with Crippen molar-refractivity contribution in [1.29, 1.82) is 0 Å². The molecule has 0 spiro atoms. The second-order valence-electron chi connectivity index (χ2n) is 5.37. The lowest BCUT2D eigenvalue weighted by atomic mass is 9.91. The van der Waals surface area contributed by atoms with Gasteiger partial charge in [-0.3, -0.25) is 9.69 Å². The summed E-state index contributed by atoms with van der Waals surface area (Å²) in [4.78, 5) is 16.9. The molecule has 1 aromatic carbocycles. The van der Waals surface area contributed by atoms with Gasteiger partial charge in [0.15, 0.2) is 5.78 Å². The Morgan fingerprint density at radius 1 is 1.35 bits per heavy atom. The number of carbonyl (C=O) groups is 1. The molecule has 1 heterocycles. The van der Waals surface area contributed by atoms with Gasteiger partial charge in [0.05, 0.1) is 18.8 Å². The lowest BCUT2D eigenvalue weighted by molar-refractivity contribution is -0.00440. The minimum Gasteiger partial charge on any atom is -0.379 e. The van der Waals surface area contributed by atoms with E-state index in [1.54, 1.807) is 11.8 Å². The molecule has 0 atom stereocenters. The summed E-state index contributed by atoms with van der Waals surface area (Å²) >= 11 is 6.13. The van der Waals surface area contributed by atoms with E-state index < -0.39 is 5.54 Å². The second kappa shape index (κ2) is 6.52. The highest BCUT2D eigenvalue weighted by atomic mass is 32.2. The van der Waals surface area contributed by atoms with Crippen molar-refractivity contribution < 1.29 is 9.53 Å². The summed E-state index contributed by atoms with van der Waals surface area (Å²) in [6.45, 7) is 6.94. The summed E-state index contributed by atoms with van der Waals surface area (Å²) in [6.07, 6.45) is 2.02. The molecular formula is C15H21NO2S2. The molecule has 0 unspecified atom stereocenters. The Morgan fingerprint density at radius 3 is 2.55 bits per heavy atom. The standard InChI is InChI=1S/C15H21NO2S2/c1-15(2,16-6-8-18-9-7-16)14(17)12-5-4-11(20-3)10-13(12)19/h4-5,10,19H,6-9H2,1-3H3. The van der Waals surface area contributed by atoms with Crippen LogP contribution in [0.2, 0.25) is 0 Å². The van der Waals surface area contributed by atoms with Crippen molar-refractivity contribution in [2.24, 2.45) is 0 Å². The van der Waals surface area contributed by atoms with E-state index in [2.05, 4.69) is 17.5 Å². The van der Waals surface area contributed by atoms with Gasteiger partial charge in [-0.25, -0.2) is 0 Å². The Balaban J connectivity index is 2.25. The number of benzene rings is 1. The van der Waals surface area contributed by atoms with Gasteiger partial charge < -0.3 is 4.74 Å². The third kappa shape index (κ3) is 3.22. The topological polar surface area (TPSA) is 29.5 Å². The van der Waals surface area contributed by atoms with Crippen molar-refractivity contribution in [2.45, 2.75) is 29.2 Å². The Labute approximate surface area is 130 Å². The predicted octanol–water partition coefficient (Wildman–Crippen LogP) is 2.99. The summed E-state index contributed by atoms with van der Waals surface area (Å²) in [5.74, 6) is 0.122. The number of Topliss-reactive ketones (excluding diaryl/α,β-unsaturated/α-hetero) is 1. The number of thioether (sulfide) groups is 1. The minimum absolute atomic E-state index is 0.122. The van der Waals surface area contributed by atoms with Crippen LogP contribution in [0.1, 0.15) is 24.2 Å². The highest BCUT2D eigenvalue weighted by Gasteiger charge is 2.36. The molecule has 5 heteroatoms. The molecule has 2 rings (SSSR count). The molecule has 1 aliphatic rings. The van der Waals surface area contributed by atoms with Crippen molar-refractivity contribution in [1.82, 2.24) is 4.90 Å². The first-order valence-corrected chi connectivity index (χ1v) is 8.38. The molecule has 1 aliphatic heterocycles. The van der Waals surface area contributed by atoms with Crippen LogP contribution in [0.5, 0.6) is 0 Å². The van der Waals surface area contributed by atoms with Crippen LogP contribution < -0.4 is 0 Å². The van der Waals surface area contributed by atoms with E-state index in [4.69, 9.17) is 4.74 Å². The Bertz CT molecular complexity index is 497. The van der Waals surface area contributed by atoms with Crippen molar-refractivity contribution in [3.05, 3.63) is 23.8 Å². The van der Waals surface area contributed by atoms with Crippen LogP contribution in [0.15, 0.2) is 28.0 Å². The third-order valence-electron chi connectivity index (χ3n) is 3.81. The lowest BCUT2D eigenvalue weighted by Crippen LogP contribution is -2.54. The minimum atomic E-state index is -0.526. The lowest BCUT2D eigenvalue weighted by Gasteiger charge is -2.39. The molecule has 1 aromatic rings. The Hall–Kier alpha value is -0.490.